The Morgan fingerprint density at radius 3 is 2.67 bits per heavy atom. The summed E-state index contributed by atoms with van der Waals surface area (Å²) in [5, 5.41) is 31.3. The lowest BCUT2D eigenvalue weighted by molar-refractivity contribution is -0.383. The first-order valence-electron chi connectivity index (χ1n) is 5.40. The van der Waals surface area contributed by atoms with Crippen LogP contribution in [0.3, 0.4) is 0 Å². The van der Waals surface area contributed by atoms with Gasteiger partial charge in [0.15, 0.2) is 0 Å². The number of carbonyl (C=O) groups excluding carboxylic acids is 1. The number of hydrogen-bond acceptors (Lipinski definition) is 5. The van der Waals surface area contributed by atoms with Crippen LogP contribution in [0.25, 0.3) is 0 Å². The Balaban J connectivity index is 3.07. The highest BCUT2D eigenvalue weighted by Crippen LogP contribution is 2.11. The van der Waals surface area contributed by atoms with Crippen molar-refractivity contribution in [3.63, 3.8) is 0 Å². The van der Waals surface area contributed by atoms with Gasteiger partial charge in [0.25, 0.3) is 11.6 Å². The van der Waals surface area contributed by atoms with E-state index in [1.54, 1.807) is 0 Å². The van der Waals surface area contributed by atoms with E-state index in [9.17, 15) is 14.9 Å². The molecule has 0 radical (unpaired) electrons. The van der Waals surface area contributed by atoms with Crippen molar-refractivity contribution in [2.75, 3.05) is 6.54 Å². The number of nitrogens with one attached hydrogen (secondary N) is 1. The summed E-state index contributed by atoms with van der Waals surface area (Å²) in [6, 6.07) is 3.50. The molecule has 1 amide bonds. The molecule has 0 spiro atoms. The normalized spacial score (nSPS) is 9.94. The second-order valence-electron chi connectivity index (χ2n) is 3.66. The molecule has 0 saturated carbocycles. The van der Waals surface area contributed by atoms with E-state index >= 15 is 0 Å². The Morgan fingerprint density at radius 1 is 1.50 bits per heavy atom. The molecule has 7 nitrogen and oxygen atoms in total. The first-order chi connectivity index (χ1) is 8.47. The minimum atomic E-state index is -1.95. The zero-order valence-corrected chi connectivity index (χ0v) is 9.79. The van der Waals surface area contributed by atoms with Crippen molar-refractivity contribution < 1.29 is 19.8 Å². The number of amides is 1. The fourth-order valence-corrected chi connectivity index (χ4v) is 1.40. The third-order valence-electron chi connectivity index (χ3n) is 2.30. The van der Waals surface area contributed by atoms with Crippen LogP contribution in [0.4, 0.5) is 5.69 Å². The molecule has 0 aliphatic heterocycles. The smallest absolute Gasteiger partial charge is 0.423 e. The fraction of sp³-hybridized carbons (Fsp3) is 0.300. The molecule has 1 aromatic rings. The maximum Gasteiger partial charge on any atom is 0.495 e. The highest BCUT2D eigenvalue weighted by Gasteiger charge is 2.25. The van der Waals surface area contributed by atoms with Gasteiger partial charge in [0, 0.05) is 18.2 Å². The minimum Gasteiger partial charge on any atom is -0.423 e. The van der Waals surface area contributed by atoms with E-state index in [2.05, 4.69) is 5.32 Å². The third-order valence-corrected chi connectivity index (χ3v) is 2.30. The average Bonchev–Trinajstić information content (AvgIpc) is 2.34. The van der Waals surface area contributed by atoms with Crippen molar-refractivity contribution in [1.82, 2.24) is 5.32 Å². The van der Waals surface area contributed by atoms with Crippen LogP contribution in [-0.4, -0.2) is 34.5 Å². The van der Waals surface area contributed by atoms with Gasteiger partial charge in [-0.05, 0) is 12.5 Å². The summed E-state index contributed by atoms with van der Waals surface area (Å²) in [6.07, 6.45) is 0.751. The number of rotatable bonds is 5. The summed E-state index contributed by atoms with van der Waals surface area (Å²) in [4.78, 5) is 21.6. The molecule has 1 rings (SSSR count). The quantitative estimate of drug-likeness (QED) is 0.368. The van der Waals surface area contributed by atoms with E-state index in [-0.39, 0.29) is 11.0 Å². The fourth-order valence-electron chi connectivity index (χ4n) is 1.40. The van der Waals surface area contributed by atoms with E-state index in [1.165, 1.54) is 6.07 Å². The van der Waals surface area contributed by atoms with Gasteiger partial charge in [0.1, 0.15) is 0 Å². The Kier molecular flexibility index (Phi) is 4.81. The lowest BCUT2D eigenvalue weighted by Gasteiger charge is -2.06. The van der Waals surface area contributed by atoms with Crippen LogP contribution >= 0.6 is 0 Å². The van der Waals surface area contributed by atoms with E-state index < -0.39 is 23.6 Å². The van der Waals surface area contributed by atoms with Crippen LogP contribution in [0.1, 0.15) is 23.7 Å². The standard InChI is InChI=1S/C10H13BN2O5/c1-2-5-12-10(14)7-3-4-8(11(15)16)9(6-7)13(17)18/h3-4,6,15-16H,2,5H2,1H3,(H,12,14). The van der Waals surface area contributed by atoms with Crippen molar-refractivity contribution in [1.29, 1.82) is 0 Å². The number of benzene rings is 1. The van der Waals surface area contributed by atoms with Crippen LogP contribution < -0.4 is 10.8 Å². The molecule has 0 heterocycles. The first-order valence-corrected chi connectivity index (χ1v) is 5.40. The lowest BCUT2D eigenvalue weighted by Crippen LogP contribution is -2.33. The predicted octanol–water partition coefficient (Wildman–Crippen LogP) is -0.586. The van der Waals surface area contributed by atoms with E-state index in [0.29, 0.717) is 6.54 Å². The molecule has 0 aromatic heterocycles. The van der Waals surface area contributed by atoms with Gasteiger partial charge in [-0.15, -0.1) is 0 Å². The third kappa shape index (κ3) is 3.28. The molecule has 0 saturated heterocycles. The van der Waals surface area contributed by atoms with Gasteiger partial charge in [0.05, 0.1) is 10.4 Å². The molecule has 1 aromatic carbocycles. The summed E-state index contributed by atoms with van der Waals surface area (Å²) in [7, 11) is -1.95. The second kappa shape index (κ2) is 6.13. The predicted molar refractivity (Wildman–Crippen MR) is 65.5 cm³/mol. The molecule has 8 heteroatoms. The van der Waals surface area contributed by atoms with Crippen LogP contribution in [0.2, 0.25) is 0 Å². The van der Waals surface area contributed by atoms with Gasteiger partial charge >= 0.3 is 7.12 Å². The molecule has 96 valence electrons. The van der Waals surface area contributed by atoms with Crippen molar-refractivity contribution in [3.05, 3.63) is 33.9 Å². The van der Waals surface area contributed by atoms with E-state index in [4.69, 9.17) is 10.0 Å². The SMILES string of the molecule is CCCNC(=O)c1ccc(B(O)O)c([N+](=O)[O-])c1. The molecule has 0 bridgehead atoms. The number of nitro groups is 1. The van der Waals surface area contributed by atoms with Gasteiger partial charge in [-0.1, -0.05) is 13.0 Å². The topological polar surface area (TPSA) is 113 Å². The second-order valence-corrected chi connectivity index (χ2v) is 3.66. The molecular weight excluding hydrogens is 239 g/mol. The van der Waals surface area contributed by atoms with Crippen LogP contribution in [0, 0.1) is 10.1 Å². The highest BCUT2D eigenvalue weighted by molar-refractivity contribution is 6.60. The first kappa shape index (κ1) is 14.1. The van der Waals surface area contributed by atoms with Crippen LogP contribution in [-0.2, 0) is 0 Å². The van der Waals surface area contributed by atoms with Crippen LogP contribution in [0.15, 0.2) is 18.2 Å². The van der Waals surface area contributed by atoms with Gasteiger partial charge < -0.3 is 15.4 Å². The molecule has 18 heavy (non-hydrogen) atoms. The molecule has 0 aliphatic carbocycles. The zero-order chi connectivity index (χ0) is 13.7. The van der Waals surface area contributed by atoms with Crippen molar-refractivity contribution in [3.8, 4) is 0 Å². The zero-order valence-electron chi connectivity index (χ0n) is 9.79. The monoisotopic (exact) mass is 252 g/mol. The molecular formula is C10H13BN2O5. The van der Waals surface area contributed by atoms with E-state index in [1.807, 2.05) is 6.92 Å². The van der Waals surface area contributed by atoms with Crippen molar-refractivity contribution in [2.24, 2.45) is 0 Å². The molecule has 3 N–H and O–H groups in total. The molecule has 0 aliphatic rings. The van der Waals surface area contributed by atoms with Gasteiger partial charge in [-0.25, -0.2) is 0 Å². The maximum atomic E-state index is 11.6. The summed E-state index contributed by atoms with van der Waals surface area (Å²) < 4.78 is 0. The maximum absolute atomic E-state index is 11.6. The number of nitrogens with zero attached hydrogens (tertiary/aromatic N) is 1. The lowest BCUT2D eigenvalue weighted by atomic mass is 9.78. The number of nitro benzene ring substituents is 1. The largest absolute Gasteiger partial charge is 0.495 e. The average molecular weight is 252 g/mol. The van der Waals surface area contributed by atoms with Crippen LogP contribution in [0.5, 0.6) is 0 Å². The Labute approximate surface area is 104 Å². The Hall–Kier alpha value is -1.93. The van der Waals surface area contributed by atoms with E-state index in [0.717, 1.165) is 18.6 Å². The molecule has 0 fully saturated rings. The van der Waals surface area contributed by atoms with Gasteiger partial charge in [0.2, 0.25) is 0 Å². The Bertz CT molecular complexity index is 464. The Morgan fingerprint density at radius 2 is 2.17 bits per heavy atom. The highest BCUT2D eigenvalue weighted by atomic mass is 16.6. The van der Waals surface area contributed by atoms with Crippen molar-refractivity contribution >= 4 is 24.2 Å². The summed E-state index contributed by atoms with van der Waals surface area (Å²) >= 11 is 0. The summed E-state index contributed by atoms with van der Waals surface area (Å²) in [5.74, 6) is -0.432. The molecule has 0 atom stereocenters. The minimum absolute atomic E-state index is 0.111. The summed E-state index contributed by atoms with van der Waals surface area (Å²) in [6.45, 7) is 2.35. The van der Waals surface area contributed by atoms with Crippen molar-refractivity contribution in [2.45, 2.75) is 13.3 Å². The summed E-state index contributed by atoms with van der Waals surface area (Å²) in [5.41, 5.74) is -0.624. The number of carbonyl (C=O) groups is 1. The van der Waals surface area contributed by atoms with Gasteiger partial charge in [-0.3, -0.25) is 14.9 Å². The molecule has 0 unspecified atom stereocenters. The number of hydrogen-bond donors (Lipinski definition) is 3. The van der Waals surface area contributed by atoms with Gasteiger partial charge in [-0.2, -0.15) is 0 Å².